The SMILES string of the molecule is Cc1cc(O)c(C)c(-c2ccccc2)c1-c1ccccc1. The minimum atomic E-state index is 0.353. The molecule has 0 radical (unpaired) electrons. The Hall–Kier alpha value is -2.54. The van der Waals surface area contributed by atoms with Crippen molar-refractivity contribution < 1.29 is 5.11 Å². The quantitative estimate of drug-likeness (QED) is 0.668. The van der Waals surface area contributed by atoms with E-state index in [2.05, 4.69) is 24.3 Å². The lowest BCUT2D eigenvalue weighted by Crippen LogP contribution is -1.93. The molecular formula is C20H18O. The molecule has 104 valence electrons. The van der Waals surface area contributed by atoms with Crippen LogP contribution in [-0.2, 0) is 0 Å². The average Bonchev–Trinajstić information content (AvgIpc) is 2.52. The van der Waals surface area contributed by atoms with Crippen molar-refractivity contribution in [2.24, 2.45) is 0 Å². The summed E-state index contributed by atoms with van der Waals surface area (Å²) in [5, 5.41) is 10.2. The topological polar surface area (TPSA) is 20.2 Å². The Morgan fingerprint density at radius 2 is 1.14 bits per heavy atom. The molecular weight excluding hydrogens is 256 g/mol. The second-order valence-corrected chi connectivity index (χ2v) is 5.32. The van der Waals surface area contributed by atoms with Gasteiger partial charge in [0.05, 0.1) is 0 Å². The van der Waals surface area contributed by atoms with Crippen LogP contribution in [0.15, 0.2) is 66.7 Å². The van der Waals surface area contributed by atoms with Crippen molar-refractivity contribution in [2.45, 2.75) is 13.8 Å². The zero-order valence-electron chi connectivity index (χ0n) is 12.3. The third-order valence-electron chi connectivity index (χ3n) is 3.88. The van der Waals surface area contributed by atoms with E-state index in [1.165, 1.54) is 11.1 Å². The number of benzene rings is 3. The highest BCUT2D eigenvalue weighted by atomic mass is 16.3. The zero-order valence-corrected chi connectivity index (χ0v) is 12.3. The summed E-state index contributed by atoms with van der Waals surface area (Å²) in [6.45, 7) is 4.03. The van der Waals surface area contributed by atoms with Crippen molar-refractivity contribution in [2.75, 3.05) is 0 Å². The van der Waals surface area contributed by atoms with E-state index in [9.17, 15) is 5.11 Å². The summed E-state index contributed by atoms with van der Waals surface area (Å²) in [7, 11) is 0. The number of hydrogen-bond acceptors (Lipinski definition) is 1. The summed E-state index contributed by atoms with van der Waals surface area (Å²) in [5.74, 6) is 0.353. The number of phenolic OH excluding ortho intramolecular Hbond substituents is 1. The van der Waals surface area contributed by atoms with E-state index in [1.807, 2.05) is 56.3 Å². The molecule has 21 heavy (non-hydrogen) atoms. The molecule has 0 amide bonds. The monoisotopic (exact) mass is 274 g/mol. The van der Waals surface area contributed by atoms with Gasteiger partial charge < -0.3 is 5.11 Å². The van der Waals surface area contributed by atoms with Gasteiger partial charge in [0.25, 0.3) is 0 Å². The predicted molar refractivity (Wildman–Crippen MR) is 88.5 cm³/mol. The van der Waals surface area contributed by atoms with E-state index in [0.717, 1.165) is 22.3 Å². The minimum absolute atomic E-state index is 0.353. The molecule has 0 unspecified atom stereocenters. The van der Waals surface area contributed by atoms with Crippen molar-refractivity contribution in [3.05, 3.63) is 77.9 Å². The van der Waals surface area contributed by atoms with Gasteiger partial charge in [0.2, 0.25) is 0 Å². The number of phenols is 1. The Balaban J connectivity index is 2.37. The smallest absolute Gasteiger partial charge is 0.119 e. The lowest BCUT2D eigenvalue weighted by Gasteiger charge is -2.17. The summed E-state index contributed by atoms with van der Waals surface area (Å²) in [6, 6.07) is 22.5. The number of rotatable bonds is 2. The number of hydrogen-bond donors (Lipinski definition) is 1. The molecule has 1 heteroatoms. The Morgan fingerprint density at radius 3 is 1.67 bits per heavy atom. The van der Waals surface area contributed by atoms with Crippen LogP contribution < -0.4 is 0 Å². The molecule has 0 spiro atoms. The van der Waals surface area contributed by atoms with E-state index in [0.29, 0.717) is 5.75 Å². The Labute approximate surface area is 125 Å². The lowest BCUT2D eigenvalue weighted by molar-refractivity contribution is 0.471. The van der Waals surface area contributed by atoms with E-state index in [-0.39, 0.29) is 0 Å². The maximum absolute atomic E-state index is 10.2. The molecule has 0 aromatic heterocycles. The summed E-state index contributed by atoms with van der Waals surface area (Å²) in [5.41, 5.74) is 6.62. The summed E-state index contributed by atoms with van der Waals surface area (Å²) >= 11 is 0. The highest BCUT2D eigenvalue weighted by Crippen LogP contribution is 2.40. The van der Waals surface area contributed by atoms with Crippen molar-refractivity contribution >= 4 is 0 Å². The van der Waals surface area contributed by atoms with Crippen molar-refractivity contribution in [3.8, 4) is 28.0 Å². The third kappa shape index (κ3) is 2.43. The highest BCUT2D eigenvalue weighted by molar-refractivity contribution is 5.89. The van der Waals surface area contributed by atoms with Gasteiger partial charge in [-0.1, -0.05) is 60.7 Å². The first-order chi connectivity index (χ1) is 10.2. The molecule has 3 rings (SSSR count). The fourth-order valence-corrected chi connectivity index (χ4v) is 2.84. The third-order valence-corrected chi connectivity index (χ3v) is 3.88. The van der Waals surface area contributed by atoms with Gasteiger partial charge in [-0.15, -0.1) is 0 Å². The van der Waals surface area contributed by atoms with Gasteiger partial charge in [0.1, 0.15) is 5.75 Å². The van der Waals surface area contributed by atoms with Crippen LogP contribution >= 0.6 is 0 Å². The van der Waals surface area contributed by atoms with Crippen LogP contribution in [0.1, 0.15) is 11.1 Å². The average molecular weight is 274 g/mol. The Bertz CT molecular complexity index is 759. The number of aryl methyl sites for hydroxylation is 1. The van der Waals surface area contributed by atoms with Crippen LogP contribution in [0, 0.1) is 13.8 Å². The molecule has 0 aliphatic rings. The van der Waals surface area contributed by atoms with Crippen LogP contribution in [-0.4, -0.2) is 5.11 Å². The lowest BCUT2D eigenvalue weighted by atomic mass is 9.87. The largest absolute Gasteiger partial charge is 0.508 e. The molecule has 3 aromatic carbocycles. The van der Waals surface area contributed by atoms with Crippen LogP contribution in [0.5, 0.6) is 5.75 Å². The number of aromatic hydroxyl groups is 1. The summed E-state index contributed by atoms with van der Waals surface area (Å²) in [4.78, 5) is 0. The Kier molecular flexibility index (Phi) is 3.49. The maximum atomic E-state index is 10.2. The molecule has 0 bridgehead atoms. The van der Waals surface area contributed by atoms with Crippen molar-refractivity contribution in [3.63, 3.8) is 0 Å². The van der Waals surface area contributed by atoms with Crippen LogP contribution in [0.4, 0.5) is 0 Å². The van der Waals surface area contributed by atoms with E-state index >= 15 is 0 Å². The van der Waals surface area contributed by atoms with E-state index in [4.69, 9.17) is 0 Å². The van der Waals surface area contributed by atoms with Gasteiger partial charge in [0.15, 0.2) is 0 Å². The zero-order chi connectivity index (χ0) is 14.8. The normalized spacial score (nSPS) is 10.6. The van der Waals surface area contributed by atoms with Gasteiger partial charge in [-0.2, -0.15) is 0 Å². The van der Waals surface area contributed by atoms with Crippen LogP contribution in [0.2, 0.25) is 0 Å². The first-order valence-corrected chi connectivity index (χ1v) is 7.12. The van der Waals surface area contributed by atoms with Gasteiger partial charge in [0, 0.05) is 0 Å². The minimum Gasteiger partial charge on any atom is -0.508 e. The van der Waals surface area contributed by atoms with Crippen molar-refractivity contribution in [1.29, 1.82) is 0 Å². The molecule has 1 nitrogen and oxygen atoms in total. The maximum Gasteiger partial charge on any atom is 0.119 e. The first kappa shape index (κ1) is 13.4. The molecule has 0 saturated heterocycles. The fourth-order valence-electron chi connectivity index (χ4n) is 2.84. The van der Waals surface area contributed by atoms with Crippen molar-refractivity contribution in [1.82, 2.24) is 0 Å². The molecule has 0 atom stereocenters. The van der Waals surface area contributed by atoms with E-state index < -0.39 is 0 Å². The van der Waals surface area contributed by atoms with Gasteiger partial charge >= 0.3 is 0 Å². The molecule has 0 heterocycles. The molecule has 0 fully saturated rings. The highest BCUT2D eigenvalue weighted by Gasteiger charge is 2.15. The standard InChI is InChI=1S/C20H18O/c1-14-13-18(21)15(2)20(17-11-7-4-8-12-17)19(14)16-9-5-3-6-10-16/h3-13,21H,1-2H3. The van der Waals surface area contributed by atoms with E-state index in [1.54, 1.807) is 0 Å². The molecule has 0 aliphatic carbocycles. The van der Waals surface area contributed by atoms with Crippen LogP contribution in [0.3, 0.4) is 0 Å². The Morgan fingerprint density at radius 1 is 0.667 bits per heavy atom. The second-order valence-electron chi connectivity index (χ2n) is 5.32. The molecule has 0 saturated carbocycles. The molecule has 3 aromatic rings. The van der Waals surface area contributed by atoms with Gasteiger partial charge in [-0.25, -0.2) is 0 Å². The first-order valence-electron chi connectivity index (χ1n) is 7.12. The molecule has 1 N–H and O–H groups in total. The van der Waals surface area contributed by atoms with Gasteiger partial charge in [-0.05, 0) is 53.3 Å². The predicted octanol–water partition coefficient (Wildman–Crippen LogP) is 5.34. The van der Waals surface area contributed by atoms with Gasteiger partial charge in [-0.3, -0.25) is 0 Å². The summed E-state index contributed by atoms with van der Waals surface area (Å²) in [6.07, 6.45) is 0. The second kappa shape index (κ2) is 5.45. The summed E-state index contributed by atoms with van der Waals surface area (Å²) < 4.78 is 0. The van der Waals surface area contributed by atoms with Crippen LogP contribution in [0.25, 0.3) is 22.3 Å². The molecule has 0 aliphatic heterocycles. The fraction of sp³-hybridized carbons (Fsp3) is 0.100.